The maximum atomic E-state index is 5.09. The van der Waals surface area contributed by atoms with Crippen LogP contribution in [-0.2, 0) is 4.74 Å². The lowest BCUT2D eigenvalue weighted by Gasteiger charge is -2.16. The van der Waals surface area contributed by atoms with E-state index in [1.165, 1.54) is 10.3 Å². The molecular weight excluding hydrogens is 232 g/mol. The Hall–Kier alpha value is -0.970. The molecule has 0 aliphatic carbocycles. The van der Waals surface area contributed by atoms with Crippen LogP contribution in [0.3, 0.4) is 0 Å². The zero-order valence-corrected chi connectivity index (χ0v) is 11.1. The first-order chi connectivity index (χ1) is 8.35. The second-order valence-electron chi connectivity index (χ2n) is 4.05. The van der Waals surface area contributed by atoms with Gasteiger partial charge in [0.05, 0.1) is 10.2 Å². The van der Waals surface area contributed by atoms with E-state index >= 15 is 0 Å². The molecule has 0 saturated heterocycles. The third kappa shape index (κ3) is 3.03. The van der Waals surface area contributed by atoms with Crippen molar-refractivity contribution in [3.63, 3.8) is 0 Å². The molecule has 1 N–H and O–H groups in total. The van der Waals surface area contributed by atoms with E-state index in [9.17, 15) is 0 Å². The van der Waals surface area contributed by atoms with Crippen molar-refractivity contribution in [2.75, 3.05) is 20.8 Å². The minimum absolute atomic E-state index is 0.365. The van der Waals surface area contributed by atoms with Crippen LogP contribution >= 0.6 is 11.3 Å². The second-order valence-corrected chi connectivity index (χ2v) is 5.00. The van der Waals surface area contributed by atoms with Crippen LogP contribution in [0.15, 0.2) is 23.7 Å². The average molecular weight is 250 g/mol. The first-order valence-corrected chi connectivity index (χ1v) is 6.72. The molecule has 2 heterocycles. The summed E-state index contributed by atoms with van der Waals surface area (Å²) in [4.78, 5) is 4.48. The average Bonchev–Trinajstić information content (AvgIpc) is 2.82. The van der Waals surface area contributed by atoms with Gasteiger partial charge in [0.15, 0.2) is 0 Å². The summed E-state index contributed by atoms with van der Waals surface area (Å²) >= 11 is 1.74. The summed E-state index contributed by atoms with van der Waals surface area (Å²) < 4.78 is 6.35. The first-order valence-electron chi connectivity index (χ1n) is 5.84. The monoisotopic (exact) mass is 250 g/mol. The molecule has 0 radical (unpaired) electrons. The SMILES string of the molecule is CNC(CCCOC)c1cnc2ccsc2c1. The summed E-state index contributed by atoms with van der Waals surface area (Å²) in [6, 6.07) is 4.66. The Morgan fingerprint density at radius 3 is 3.18 bits per heavy atom. The largest absolute Gasteiger partial charge is 0.385 e. The molecule has 2 aromatic heterocycles. The van der Waals surface area contributed by atoms with E-state index in [-0.39, 0.29) is 0 Å². The van der Waals surface area contributed by atoms with Gasteiger partial charge < -0.3 is 10.1 Å². The second kappa shape index (κ2) is 6.10. The summed E-state index contributed by atoms with van der Waals surface area (Å²) in [5, 5.41) is 5.43. The lowest BCUT2D eigenvalue weighted by Crippen LogP contribution is -2.17. The van der Waals surface area contributed by atoms with Gasteiger partial charge in [-0.15, -0.1) is 11.3 Å². The van der Waals surface area contributed by atoms with Gasteiger partial charge >= 0.3 is 0 Å². The predicted octanol–water partition coefficient (Wildman–Crippen LogP) is 2.98. The molecule has 92 valence electrons. The Labute approximate surface area is 106 Å². The number of rotatable bonds is 6. The van der Waals surface area contributed by atoms with Crippen molar-refractivity contribution in [1.29, 1.82) is 0 Å². The van der Waals surface area contributed by atoms with Crippen LogP contribution < -0.4 is 5.32 Å². The van der Waals surface area contributed by atoms with Crippen LogP contribution in [-0.4, -0.2) is 25.7 Å². The third-order valence-electron chi connectivity index (χ3n) is 2.92. The maximum Gasteiger partial charge on any atom is 0.0809 e. The van der Waals surface area contributed by atoms with Crippen molar-refractivity contribution in [1.82, 2.24) is 10.3 Å². The van der Waals surface area contributed by atoms with E-state index in [2.05, 4.69) is 27.8 Å². The van der Waals surface area contributed by atoms with Crippen LogP contribution in [0, 0.1) is 0 Å². The molecule has 0 fully saturated rings. The van der Waals surface area contributed by atoms with Gasteiger partial charge in [0.1, 0.15) is 0 Å². The Bertz CT molecular complexity index is 469. The zero-order chi connectivity index (χ0) is 12.1. The van der Waals surface area contributed by atoms with Gasteiger partial charge in [0, 0.05) is 26.0 Å². The normalized spacial score (nSPS) is 13.1. The van der Waals surface area contributed by atoms with E-state index in [1.807, 2.05) is 13.2 Å². The molecule has 1 atom stereocenters. The highest BCUT2D eigenvalue weighted by Crippen LogP contribution is 2.24. The van der Waals surface area contributed by atoms with Crippen molar-refractivity contribution in [2.45, 2.75) is 18.9 Å². The Balaban J connectivity index is 2.11. The van der Waals surface area contributed by atoms with Gasteiger partial charge in [-0.2, -0.15) is 0 Å². The highest BCUT2D eigenvalue weighted by Gasteiger charge is 2.10. The van der Waals surface area contributed by atoms with Gasteiger partial charge in [-0.1, -0.05) is 0 Å². The van der Waals surface area contributed by atoms with Crippen LogP contribution in [0.1, 0.15) is 24.4 Å². The lowest BCUT2D eigenvalue weighted by molar-refractivity contribution is 0.189. The van der Waals surface area contributed by atoms with Crippen LogP contribution in [0.25, 0.3) is 10.2 Å². The molecule has 0 amide bonds. The molecular formula is C13H18N2OS. The summed E-state index contributed by atoms with van der Waals surface area (Å²) in [5.41, 5.74) is 2.35. The fraction of sp³-hybridized carbons (Fsp3) is 0.462. The number of nitrogens with zero attached hydrogens (tertiary/aromatic N) is 1. The summed E-state index contributed by atoms with van der Waals surface area (Å²) in [6.07, 6.45) is 4.11. The Kier molecular flexibility index (Phi) is 4.48. The third-order valence-corrected chi connectivity index (χ3v) is 3.77. The number of fused-ring (bicyclic) bond motifs is 1. The van der Waals surface area contributed by atoms with Gasteiger partial charge in [0.2, 0.25) is 0 Å². The lowest BCUT2D eigenvalue weighted by atomic mass is 10.0. The van der Waals surface area contributed by atoms with Crippen LogP contribution in [0.2, 0.25) is 0 Å². The van der Waals surface area contributed by atoms with Gasteiger partial charge in [-0.3, -0.25) is 4.98 Å². The van der Waals surface area contributed by atoms with Gasteiger partial charge in [0.25, 0.3) is 0 Å². The predicted molar refractivity (Wildman–Crippen MR) is 72.5 cm³/mol. The maximum absolute atomic E-state index is 5.09. The summed E-state index contributed by atoms with van der Waals surface area (Å²) in [7, 11) is 3.74. The quantitative estimate of drug-likeness (QED) is 0.800. The molecule has 3 nitrogen and oxygen atoms in total. The number of hydrogen-bond donors (Lipinski definition) is 1. The zero-order valence-electron chi connectivity index (χ0n) is 10.3. The molecule has 2 aromatic rings. The summed E-state index contributed by atoms with van der Waals surface area (Å²) in [6.45, 7) is 0.812. The van der Waals surface area contributed by atoms with Crippen molar-refractivity contribution in [3.8, 4) is 0 Å². The molecule has 0 bridgehead atoms. The van der Waals surface area contributed by atoms with E-state index in [0.717, 1.165) is 25.0 Å². The van der Waals surface area contributed by atoms with Crippen LogP contribution in [0.5, 0.6) is 0 Å². The van der Waals surface area contributed by atoms with Crippen molar-refractivity contribution < 1.29 is 4.74 Å². The molecule has 4 heteroatoms. The molecule has 2 rings (SSSR count). The van der Waals surface area contributed by atoms with Gasteiger partial charge in [-0.05, 0) is 43.0 Å². The number of methoxy groups -OCH3 is 1. The summed E-state index contributed by atoms with van der Waals surface area (Å²) in [5.74, 6) is 0. The molecule has 0 aliphatic rings. The van der Waals surface area contributed by atoms with Crippen molar-refractivity contribution in [3.05, 3.63) is 29.3 Å². The fourth-order valence-electron chi connectivity index (χ4n) is 1.96. The highest BCUT2D eigenvalue weighted by molar-refractivity contribution is 7.17. The van der Waals surface area contributed by atoms with Crippen molar-refractivity contribution in [2.24, 2.45) is 0 Å². The van der Waals surface area contributed by atoms with E-state index in [1.54, 1.807) is 18.4 Å². The topological polar surface area (TPSA) is 34.1 Å². The minimum atomic E-state index is 0.365. The Morgan fingerprint density at radius 1 is 1.53 bits per heavy atom. The number of nitrogens with one attached hydrogen (secondary N) is 1. The molecule has 0 aromatic carbocycles. The fourth-order valence-corrected chi connectivity index (χ4v) is 2.75. The number of pyridine rings is 1. The smallest absolute Gasteiger partial charge is 0.0809 e. The molecule has 1 unspecified atom stereocenters. The minimum Gasteiger partial charge on any atom is -0.385 e. The van der Waals surface area contributed by atoms with E-state index < -0.39 is 0 Å². The molecule has 0 spiro atoms. The Morgan fingerprint density at radius 2 is 2.41 bits per heavy atom. The van der Waals surface area contributed by atoms with Crippen molar-refractivity contribution >= 4 is 21.6 Å². The van der Waals surface area contributed by atoms with E-state index in [0.29, 0.717) is 6.04 Å². The molecule has 17 heavy (non-hydrogen) atoms. The first kappa shape index (κ1) is 12.5. The molecule has 0 aliphatic heterocycles. The number of thiophene rings is 1. The number of ether oxygens (including phenoxy) is 1. The van der Waals surface area contributed by atoms with Crippen LogP contribution in [0.4, 0.5) is 0 Å². The van der Waals surface area contributed by atoms with E-state index in [4.69, 9.17) is 4.74 Å². The standard InChI is InChI=1S/C13H18N2OS/c1-14-11(4-3-6-16-2)10-8-13-12(15-9-10)5-7-17-13/h5,7-9,11,14H,3-4,6H2,1-2H3. The number of aromatic nitrogens is 1. The molecule has 0 saturated carbocycles. The van der Waals surface area contributed by atoms with Gasteiger partial charge in [-0.25, -0.2) is 0 Å². The number of hydrogen-bond acceptors (Lipinski definition) is 4. The highest BCUT2D eigenvalue weighted by atomic mass is 32.1.